The van der Waals surface area contributed by atoms with Crippen molar-refractivity contribution in [3.63, 3.8) is 0 Å². The van der Waals surface area contributed by atoms with Crippen LogP contribution in [-0.2, 0) is 14.3 Å². The van der Waals surface area contributed by atoms with Crippen molar-refractivity contribution in [2.24, 2.45) is 0 Å². The van der Waals surface area contributed by atoms with Gasteiger partial charge in [0.15, 0.2) is 0 Å². The molecule has 14 heavy (non-hydrogen) atoms. The molecule has 1 saturated carbocycles. The number of hydrogen-bond donors (Lipinski definition) is 0. The van der Waals surface area contributed by atoms with Gasteiger partial charge in [-0.1, -0.05) is 0 Å². The summed E-state index contributed by atoms with van der Waals surface area (Å²) in [6, 6.07) is 0. The van der Waals surface area contributed by atoms with Gasteiger partial charge < -0.3 is 9.47 Å². The molecule has 3 nitrogen and oxygen atoms in total. The summed E-state index contributed by atoms with van der Waals surface area (Å²) in [4.78, 5) is 10.8. The Labute approximate surface area is 88.5 Å². The number of thioether (sulfide) groups is 1. The van der Waals surface area contributed by atoms with E-state index in [-0.39, 0.29) is 17.0 Å². The minimum atomic E-state index is -0.171. The summed E-state index contributed by atoms with van der Waals surface area (Å²) < 4.78 is 11.0. The lowest BCUT2D eigenvalue weighted by Crippen LogP contribution is -2.36. The van der Waals surface area contributed by atoms with E-state index in [1.807, 2.05) is 11.8 Å². The first-order chi connectivity index (χ1) is 6.70. The van der Waals surface area contributed by atoms with Crippen molar-refractivity contribution < 1.29 is 14.3 Å². The van der Waals surface area contributed by atoms with Crippen LogP contribution < -0.4 is 0 Å². The molecular formula is C10H16O3S. The van der Waals surface area contributed by atoms with Gasteiger partial charge in [-0.05, 0) is 19.3 Å². The second-order valence-electron chi connectivity index (χ2n) is 3.94. The van der Waals surface area contributed by atoms with E-state index in [9.17, 15) is 4.79 Å². The smallest absolute Gasteiger partial charge is 0.302 e. The molecule has 2 aliphatic rings. The van der Waals surface area contributed by atoms with Crippen LogP contribution in [0.15, 0.2) is 0 Å². The third-order valence-corrected chi connectivity index (χ3v) is 4.15. The summed E-state index contributed by atoms with van der Waals surface area (Å²) in [5.41, 5.74) is 0. The number of hydrogen-bond acceptors (Lipinski definition) is 4. The molecule has 1 spiro atoms. The van der Waals surface area contributed by atoms with E-state index in [4.69, 9.17) is 9.47 Å². The monoisotopic (exact) mass is 216 g/mol. The molecule has 0 aromatic heterocycles. The second-order valence-corrected chi connectivity index (χ2v) is 5.38. The van der Waals surface area contributed by atoms with Crippen molar-refractivity contribution in [1.82, 2.24) is 0 Å². The molecule has 80 valence electrons. The van der Waals surface area contributed by atoms with Gasteiger partial charge in [0.25, 0.3) is 0 Å². The fraction of sp³-hybridized carbons (Fsp3) is 0.900. The van der Waals surface area contributed by atoms with Crippen molar-refractivity contribution >= 4 is 17.7 Å². The molecule has 1 aliphatic carbocycles. The van der Waals surface area contributed by atoms with Gasteiger partial charge in [-0.2, -0.15) is 0 Å². The topological polar surface area (TPSA) is 35.5 Å². The van der Waals surface area contributed by atoms with E-state index in [1.54, 1.807) is 0 Å². The predicted molar refractivity (Wildman–Crippen MR) is 55.2 cm³/mol. The Balaban J connectivity index is 1.93. The quantitative estimate of drug-likeness (QED) is 0.628. The van der Waals surface area contributed by atoms with Gasteiger partial charge in [0.2, 0.25) is 0 Å². The number of carbonyl (C=O) groups excluding carboxylic acids is 1. The van der Waals surface area contributed by atoms with E-state index >= 15 is 0 Å². The molecule has 0 amide bonds. The van der Waals surface area contributed by atoms with Crippen molar-refractivity contribution in [3.8, 4) is 0 Å². The van der Waals surface area contributed by atoms with E-state index in [1.165, 1.54) is 6.92 Å². The molecule has 2 fully saturated rings. The zero-order valence-electron chi connectivity index (χ0n) is 8.45. The van der Waals surface area contributed by atoms with Gasteiger partial charge in [-0.15, -0.1) is 11.8 Å². The molecule has 1 heterocycles. The third kappa shape index (κ3) is 2.23. The van der Waals surface area contributed by atoms with Gasteiger partial charge in [0.1, 0.15) is 11.0 Å². The van der Waals surface area contributed by atoms with Crippen molar-refractivity contribution in [1.29, 1.82) is 0 Å². The predicted octanol–water partition coefficient (Wildman–Crippen LogP) is 1.95. The lowest BCUT2D eigenvalue weighted by molar-refractivity contribution is -0.150. The Morgan fingerprint density at radius 2 is 2.50 bits per heavy atom. The largest absolute Gasteiger partial charge is 0.462 e. The Bertz CT molecular complexity index is 223. The fourth-order valence-corrected chi connectivity index (χ4v) is 3.54. The van der Waals surface area contributed by atoms with E-state index in [2.05, 4.69) is 0 Å². The van der Waals surface area contributed by atoms with Gasteiger partial charge in [-0.25, -0.2) is 0 Å². The molecule has 1 saturated heterocycles. The minimum Gasteiger partial charge on any atom is -0.462 e. The molecule has 2 atom stereocenters. The van der Waals surface area contributed by atoms with Gasteiger partial charge in [0, 0.05) is 19.1 Å². The molecule has 0 bridgehead atoms. The van der Waals surface area contributed by atoms with Crippen LogP contribution >= 0.6 is 11.8 Å². The third-order valence-electron chi connectivity index (χ3n) is 2.77. The zero-order chi connectivity index (χ0) is 10.0. The van der Waals surface area contributed by atoms with Crippen molar-refractivity contribution in [3.05, 3.63) is 0 Å². The highest BCUT2D eigenvalue weighted by molar-refractivity contribution is 8.00. The van der Waals surface area contributed by atoms with Gasteiger partial charge >= 0.3 is 5.97 Å². The van der Waals surface area contributed by atoms with E-state index in [0.29, 0.717) is 0 Å². The average molecular weight is 216 g/mol. The highest BCUT2D eigenvalue weighted by atomic mass is 32.2. The van der Waals surface area contributed by atoms with E-state index < -0.39 is 0 Å². The van der Waals surface area contributed by atoms with Gasteiger partial charge in [0.05, 0.1) is 6.61 Å². The SMILES string of the molecule is CC(=O)O[C@H]1CCC[C@]2(C1)OCCS2. The standard InChI is InChI=1S/C10H16O3S/c1-8(11)13-9-3-2-4-10(7-9)12-5-6-14-10/h9H,2-7H2,1H3/t9-,10-/m0/s1. The van der Waals surface area contributed by atoms with Crippen LogP contribution in [0.25, 0.3) is 0 Å². The maximum atomic E-state index is 10.8. The first kappa shape index (κ1) is 10.3. The molecule has 2 rings (SSSR count). The van der Waals surface area contributed by atoms with Crippen LogP contribution in [0, 0.1) is 0 Å². The first-order valence-corrected chi connectivity index (χ1v) is 6.14. The number of rotatable bonds is 1. The van der Waals surface area contributed by atoms with Crippen LogP contribution in [0.3, 0.4) is 0 Å². The summed E-state index contributed by atoms with van der Waals surface area (Å²) in [6.45, 7) is 2.32. The normalized spacial score (nSPS) is 37.4. The Kier molecular flexibility index (Phi) is 3.02. The van der Waals surface area contributed by atoms with Crippen LogP contribution in [0.5, 0.6) is 0 Å². The molecule has 0 aromatic rings. The minimum absolute atomic E-state index is 0.0294. The summed E-state index contributed by atoms with van der Waals surface area (Å²) in [6.07, 6.45) is 4.15. The lowest BCUT2D eigenvalue weighted by atomic mass is 9.94. The second kappa shape index (κ2) is 4.11. The highest BCUT2D eigenvalue weighted by Crippen LogP contribution is 2.45. The molecular weight excluding hydrogens is 200 g/mol. The summed E-state index contributed by atoms with van der Waals surface area (Å²) in [7, 11) is 0. The Hall–Kier alpha value is -0.220. The first-order valence-electron chi connectivity index (χ1n) is 5.15. The Morgan fingerprint density at radius 1 is 1.64 bits per heavy atom. The molecule has 1 aliphatic heterocycles. The summed E-state index contributed by atoms with van der Waals surface area (Å²) in [5.74, 6) is 0.905. The van der Waals surface area contributed by atoms with Crippen LogP contribution in [0.4, 0.5) is 0 Å². The maximum Gasteiger partial charge on any atom is 0.302 e. The van der Waals surface area contributed by atoms with E-state index in [0.717, 1.165) is 38.0 Å². The van der Waals surface area contributed by atoms with Crippen LogP contribution in [0.1, 0.15) is 32.6 Å². The molecule has 4 heteroatoms. The number of carbonyl (C=O) groups is 1. The zero-order valence-corrected chi connectivity index (χ0v) is 9.27. The molecule has 0 N–H and O–H groups in total. The summed E-state index contributed by atoms with van der Waals surface area (Å²) >= 11 is 1.88. The molecule has 0 radical (unpaired) electrons. The Morgan fingerprint density at radius 3 is 3.14 bits per heavy atom. The maximum absolute atomic E-state index is 10.8. The van der Waals surface area contributed by atoms with Crippen molar-refractivity contribution in [2.45, 2.75) is 43.6 Å². The lowest BCUT2D eigenvalue weighted by Gasteiger charge is -2.35. The fourth-order valence-electron chi connectivity index (χ4n) is 2.24. The molecule has 0 unspecified atom stereocenters. The number of esters is 1. The van der Waals surface area contributed by atoms with Crippen LogP contribution in [0.2, 0.25) is 0 Å². The van der Waals surface area contributed by atoms with Gasteiger partial charge in [-0.3, -0.25) is 4.79 Å². The molecule has 0 aromatic carbocycles. The average Bonchev–Trinajstić information content (AvgIpc) is 2.52. The van der Waals surface area contributed by atoms with Crippen molar-refractivity contribution in [2.75, 3.05) is 12.4 Å². The highest BCUT2D eigenvalue weighted by Gasteiger charge is 2.41. The summed E-state index contributed by atoms with van der Waals surface area (Å²) in [5, 5.41) is 0. The number of ether oxygens (including phenoxy) is 2. The van der Waals surface area contributed by atoms with Crippen LogP contribution in [-0.4, -0.2) is 29.4 Å².